The topological polar surface area (TPSA) is 90.2 Å². The summed E-state index contributed by atoms with van der Waals surface area (Å²) in [4.78, 5) is 25.1. The summed E-state index contributed by atoms with van der Waals surface area (Å²) in [7, 11) is 0. The van der Waals surface area contributed by atoms with Crippen LogP contribution in [0, 0.1) is 5.82 Å². The molecule has 3 rings (SSSR count). The molecule has 2 N–H and O–H groups in total. The van der Waals surface area contributed by atoms with Gasteiger partial charge in [-0.2, -0.15) is 0 Å². The zero-order chi connectivity index (χ0) is 15.4. The minimum absolute atomic E-state index is 0.181. The summed E-state index contributed by atoms with van der Waals surface area (Å²) in [6.07, 6.45) is 0. The van der Waals surface area contributed by atoms with Crippen molar-refractivity contribution in [1.29, 1.82) is 0 Å². The smallest absolute Gasteiger partial charge is 0.414 e. The molecule has 8 heteroatoms. The number of hydrogen-bond acceptors (Lipinski definition) is 5. The van der Waals surface area contributed by atoms with Crippen molar-refractivity contribution in [1.82, 2.24) is 4.90 Å². The van der Waals surface area contributed by atoms with Crippen molar-refractivity contribution in [3.8, 4) is 0 Å². The number of fused-ring (bicyclic) bond motifs is 1. The first-order valence-electron chi connectivity index (χ1n) is 6.14. The van der Waals surface area contributed by atoms with Gasteiger partial charge in [0.25, 0.3) is 0 Å². The van der Waals surface area contributed by atoms with Crippen molar-refractivity contribution in [3.63, 3.8) is 0 Å². The number of halogens is 1. The van der Waals surface area contributed by atoms with Gasteiger partial charge in [-0.25, -0.2) is 14.0 Å². The quantitative estimate of drug-likeness (QED) is 0.763. The molecule has 2 heterocycles. The normalized spacial score (nSPS) is 19.4. The first-order chi connectivity index (χ1) is 9.97. The molecular formula is C13H13FN2O4S. The Morgan fingerprint density at radius 3 is 2.38 bits per heavy atom. The second-order valence-corrected chi connectivity index (χ2v) is 5.45. The SMILES string of the molecule is Fc1ccc(C2CN3CCSC3=N2)cc1.O=C(O)C(=O)O. The number of rotatable bonds is 1. The van der Waals surface area contributed by atoms with Crippen LogP contribution in [0.2, 0.25) is 0 Å². The molecule has 0 spiro atoms. The van der Waals surface area contributed by atoms with Crippen LogP contribution in [0.5, 0.6) is 0 Å². The Hall–Kier alpha value is -2.09. The van der Waals surface area contributed by atoms with Crippen LogP contribution in [0.1, 0.15) is 11.6 Å². The number of aliphatic carboxylic acids is 2. The summed E-state index contributed by atoms with van der Waals surface area (Å²) in [5.74, 6) is -2.68. The molecule has 0 saturated carbocycles. The number of hydrogen-bond donors (Lipinski definition) is 2. The summed E-state index contributed by atoms with van der Waals surface area (Å²) in [6.45, 7) is 2.05. The highest BCUT2D eigenvalue weighted by Crippen LogP contribution is 2.32. The fraction of sp³-hybridized carbons (Fsp3) is 0.308. The van der Waals surface area contributed by atoms with E-state index in [0.29, 0.717) is 0 Å². The Labute approximate surface area is 124 Å². The Morgan fingerprint density at radius 1 is 1.24 bits per heavy atom. The highest BCUT2D eigenvalue weighted by Gasteiger charge is 2.29. The predicted octanol–water partition coefficient (Wildman–Crippen LogP) is 1.44. The van der Waals surface area contributed by atoms with Gasteiger partial charge in [0.15, 0.2) is 5.17 Å². The molecule has 6 nitrogen and oxygen atoms in total. The van der Waals surface area contributed by atoms with Gasteiger partial charge >= 0.3 is 11.9 Å². The van der Waals surface area contributed by atoms with Gasteiger partial charge in [0, 0.05) is 18.8 Å². The van der Waals surface area contributed by atoms with Crippen LogP contribution in [0.25, 0.3) is 0 Å². The lowest BCUT2D eigenvalue weighted by atomic mass is 10.1. The first kappa shape index (κ1) is 15.3. The van der Waals surface area contributed by atoms with Crippen molar-refractivity contribution in [2.75, 3.05) is 18.8 Å². The zero-order valence-electron chi connectivity index (χ0n) is 10.9. The number of benzene rings is 1. The van der Waals surface area contributed by atoms with Crippen LogP contribution >= 0.6 is 11.8 Å². The van der Waals surface area contributed by atoms with Crippen molar-refractivity contribution < 1.29 is 24.2 Å². The standard InChI is InChI=1S/C11H11FN2S.C2H2O4/c12-9-3-1-8(2-4-9)10-7-14-5-6-15-11(14)13-10;3-1(4)2(5)6/h1-4,10H,5-7H2;(H,3,4)(H,5,6). The molecule has 0 radical (unpaired) electrons. The number of aliphatic imine (C=N–C) groups is 1. The molecule has 21 heavy (non-hydrogen) atoms. The van der Waals surface area contributed by atoms with E-state index in [0.717, 1.165) is 29.6 Å². The van der Waals surface area contributed by atoms with E-state index in [1.807, 2.05) is 23.9 Å². The lowest BCUT2D eigenvalue weighted by Crippen LogP contribution is -2.21. The summed E-state index contributed by atoms with van der Waals surface area (Å²) in [5, 5.41) is 15.9. The summed E-state index contributed by atoms with van der Waals surface area (Å²) < 4.78 is 12.8. The molecule has 1 unspecified atom stereocenters. The van der Waals surface area contributed by atoms with E-state index in [1.165, 1.54) is 12.1 Å². The zero-order valence-corrected chi connectivity index (χ0v) is 11.7. The Morgan fingerprint density at radius 2 is 1.86 bits per heavy atom. The van der Waals surface area contributed by atoms with Crippen molar-refractivity contribution in [2.24, 2.45) is 4.99 Å². The minimum atomic E-state index is -1.82. The van der Waals surface area contributed by atoms with Crippen LogP contribution in [0.15, 0.2) is 29.3 Å². The molecule has 0 aromatic heterocycles. The maximum Gasteiger partial charge on any atom is 0.414 e. The van der Waals surface area contributed by atoms with E-state index in [-0.39, 0.29) is 11.9 Å². The molecule has 1 fully saturated rings. The van der Waals surface area contributed by atoms with E-state index >= 15 is 0 Å². The van der Waals surface area contributed by atoms with Crippen molar-refractivity contribution in [3.05, 3.63) is 35.6 Å². The number of amidine groups is 1. The van der Waals surface area contributed by atoms with Crippen LogP contribution < -0.4 is 0 Å². The third-order valence-electron chi connectivity index (χ3n) is 2.96. The Balaban J connectivity index is 0.000000232. The second-order valence-electron chi connectivity index (χ2n) is 4.38. The average molecular weight is 312 g/mol. The molecule has 1 aromatic carbocycles. The summed E-state index contributed by atoms with van der Waals surface area (Å²) >= 11 is 1.82. The molecule has 112 valence electrons. The van der Waals surface area contributed by atoms with E-state index < -0.39 is 11.9 Å². The summed E-state index contributed by atoms with van der Waals surface area (Å²) in [6, 6.07) is 6.87. The number of carboxylic acids is 2. The molecule has 0 aliphatic carbocycles. The van der Waals surface area contributed by atoms with Gasteiger partial charge in [-0.1, -0.05) is 23.9 Å². The third-order valence-corrected chi connectivity index (χ3v) is 3.97. The molecular weight excluding hydrogens is 299 g/mol. The lowest BCUT2D eigenvalue weighted by molar-refractivity contribution is -0.159. The van der Waals surface area contributed by atoms with Crippen LogP contribution in [-0.4, -0.2) is 51.1 Å². The van der Waals surface area contributed by atoms with Gasteiger partial charge in [0.05, 0.1) is 6.04 Å². The molecule has 2 aliphatic rings. The van der Waals surface area contributed by atoms with Crippen molar-refractivity contribution in [2.45, 2.75) is 6.04 Å². The molecule has 1 saturated heterocycles. The molecule has 0 bridgehead atoms. The predicted molar refractivity (Wildman–Crippen MR) is 75.9 cm³/mol. The third kappa shape index (κ3) is 3.94. The first-order valence-corrected chi connectivity index (χ1v) is 7.13. The second kappa shape index (κ2) is 6.57. The van der Waals surface area contributed by atoms with Crippen LogP contribution in [-0.2, 0) is 9.59 Å². The molecule has 1 aromatic rings. The largest absolute Gasteiger partial charge is 0.473 e. The van der Waals surface area contributed by atoms with E-state index in [1.54, 1.807) is 0 Å². The number of nitrogens with zero attached hydrogens (tertiary/aromatic N) is 2. The fourth-order valence-electron chi connectivity index (χ4n) is 1.97. The van der Waals surface area contributed by atoms with E-state index in [9.17, 15) is 4.39 Å². The maximum atomic E-state index is 12.8. The fourth-order valence-corrected chi connectivity index (χ4v) is 3.01. The molecule has 2 aliphatic heterocycles. The highest BCUT2D eigenvalue weighted by molar-refractivity contribution is 8.14. The van der Waals surface area contributed by atoms with Crippen LogP contribution in [0.4, 0.5) is 4.39 Å². The lowest BCUT2D eigenvalue weighted by Gasteiger charge is -2.12. The molecule has 0 amide bonds. The van der Waals surface area contributed by atoms with E-state index in [2.05, 4.69) is 9.89 Å². The summed E-state index contributed by atoms with van der Waals surface area (Å²) in [5.41, 5.74) is 1.11. The van der Waals surface area contributed by atoms with Gasteiger partial charge in [-0.3, -0.25) is 4.99 Å². The maximum absolute atomic E-state index is 12.8. The monoisotopic (exact) mass is 312 g/mol. The number of carbonyl (C=O) groups is 2. The number of thioether (sulfide) groups is 1. The Kier molecular flexibility index (Phi) is 4.79. The van der Waals surface area contributed by atoms with Gasteiger partial charge in [-0.15, -0.1) is 0 Å². The molecule has 1 atom stereocenters. The Bertz CT molecular complexity index is 564. The van der Waals surface area contributed by atoms with Gasteiger partial charge < -0.3 is 15.1 Å². The van der Waals surface area contributed by atoms with E-state index in [4.69, 9.17) is 19.8 Å². The minimum Gasteiger partial charge on any atom is -0.473 e. The van der Waals surface area contributed by atoms with Gasteiger partial charge in [0.2, 0.25) is 0 Å². The van der Waals surface area contributed by atoms with Gasteiger partial charge in [0.1, 0.15) is 5.82 Å². The van der Waals surface area contributed by atoms with Crippen molar-refractivity contribution >= 4 is 28.9 Å². The number of carboxylic acid groups (broad SMARTS) is 2. The van der Waals surface area contributed by atoms with Gasteiger partial charge in [-0.05, 0) is 17.7 Å². The highest BCUT2D eigenvalue weighted by atomic mass is 32.2. The van der Waals surface area contributed by atoms with Crippen LogP contribution in [0.3, 0.4) is 0 Å². The average Bonchev–Trinajstić information content (AvgIpc) is 3.01.